The average Bonchev–Trinajstić information content (AvgIpc) is 2.12. The lowest BCUT2D eigenvalue weighted by Gasteiger charge is -1.93. The Kier molecular flexibility index (Phi) is 1.16. The van der Waals surface area contributed by atoms with Crippen molar-refractivity contribution in [2.24, 2.45) is 11.7 Å². The Bertz CT molecular complexity index is 146. The number of carbonyl (C=O) groups is 1. The van der Waals surface area contributed by atoms with E-state index in [1.165, 1.54) is 0 Å². The van der Waals surface area contributed by atoms with Gasteiger partial charge in [-0.1, -0.05) is 24.3 Å². The highest BCUT2D eigenvalue weighted by Gasteiger charge is 2.07. The molecular weight excluding hydrogens is 102 g/mol. The molecule has 1 rings (SSSR count). The summed E-state index contributed by atoms with van der Waals surface area (Å²) in [6, 6.07) is 0. The summed E-state index contributed by atoms with van der Waals surface area (Å²) in [4.78, 5) is 10.3. The minimum absolute atomic E-state index is 0.157. The molecule has 0 aromatic heterocycles. The smallest absolute Gasteiger partial charge is 0.228 e. The summed E-state index contributed by atoms with van der Waals surface area (Å²) in [5, 5.41) is 0. The summed E-state index contributed by atoms with van der Waals surface area (Å²) in [5.74, 6) is -0.440. The maximum atomic E-state index is 10.3. The lowest BCUT2D eigenvalue weighted by molar-refractivity contribution is -0.119. The largest absolute Gasteiger partial charge is 0.369 e. The van der Waals surface area contributed by atoms with Crippen LogP contribution in [0.2, 0.25) is 0 Å². The monoisotopic (exact) mass is 109 g/mol. The topological polar surface area (TPSA) is 43.1 Å². The Morgan fingerprint density at radius 1 is 1.38 bits per heavy atom. The highest BCUT2D eigenvalue weighted by atomic mass is 16.1. The van der Waals surface area contributed by atoms with Gasteiger partial charge in [0.15, 0.2) is 0 Å². The van der Waals surface area contributed by atoms with Crippen molar-refractivity contribution in [2.75, 3.05) is 0 Å². The Hall–Kier alpha value is -1.05. The van der Waals surface area contributed by atoms with Crippen LogP contribution in [0.5, 0.6) is 0 Å². The van der Waals surface area contributed by atoms with Crippen LogP contribution in [0.1, 0.15) is 0 Å². The van der Waals surface area contributed by atoms with Gasteiger partial charge in [0.25, 0.3) is 0 Å². The van der Waals surface area contributed by atoms with Gasteiger partial charge in [0.2, 0.25) is 5.91 Å². The van der Waals surface area contributed by atoms with Crippen molar-refractivity contribution >= 4 is 5.91 Å². The first-order valence-corrected chi connectivity index (χ1v) is 2.45. The molecule has 0 spiro atoms. The number of hydrogen-bond acceptors (Lipinski definition) is 1. The summed E-state index contributed by atoms with van der Waals surface area (Å²) in [6.45, 7) is 0. The van der Waals surface area contributed by atoms with Crippen LogP contribution in [0.4, 0.5) is 0 Å². The van der Waals surface area contributed by atoms with Gasteiger partial charge in [-0.05, 0) is 0 Å². The predicted octanol–water partition coefficient (Wildman–Crippen LogP) is 0.214. The van der Waals surface area contributed by atoms with Crippen LogP contribution in [-0.2, 0) is 4.79 Å². The van der Waals surface area contributed by atoms with Gasteiger partial charge in [0, 0.05) is 0 Å². The van der Waals surface area contributed by atoms with Crippen molar-refractivity contribution < 1.29 is 4.79 Å². The number of rotatable bonds is 1. The number of hydrogen-bond donors (Lipinski definition) is 1. The number of allylic oxidation sites excluding steroid dienone is 2. The second-order valence-electron chi connectivity index (χ2n) is 1.70. The zero-order chi connectivity index (χ0) is 5.98. The molecule has 0 heterocycles. The normalized spacial score (nSPS) is 17.5. The van der Waals surface area contributed by atoms with Crippen molar-refractivity contribution in [3.8, 4) is 0 Å². The Balaban J connectivity index is 2.62. The third-order valence-corrected chi connectivity index (χ3v) is 1.08. The summed E-state index contributed by atoms with van der Waals surface area (Å²) in [5.41, 5.74) is 4.96. The molecule has 0 saturated heterocycles. The minimum atomic E-state index is -0.282. The maximum absolute atomic E-state index is 10.3. The van der Waals surface area contributed by atoms with Gasteiger partial charge in [0.1, 0.15) is 0 Å². The van der Waals surface area contributed by atoms with Gasteiger partial charge in [-0.3, -0.25) is 4.79 Å². The van der Waals surface area contributed by atoms with Crippen LogP contribution in [0.3, 0.4) is 0 Å². The van der Waals surface area contributed by atoms with Crippen LogP contribution in [0, 0.1) is 5.92 Å². The molecule has 8 heavy (non-hydrogen) atoms. The van der Waals surface area contributed by atoms with E-state index >= 15 is 0 Å². The average molecular weight is 109 g/mol. The Morgan fingerprint density at radius 2 is 1.88 bits per heavy atom. The van der Waals surface area contributed by atoms with Crippen molar-refractivity contribution in [3.05, 3.63) is 24.3 Å². The number of carbonyl (C=O) groups excluding carboxylic acids is 1. The maximum Gasteiger partial charge on any atom is 0.228 e. The van der Waals surface area contributed by atoms with Crippen molar-refractivity contribution in [3.63, 3.8) is 0 Å². The van der Waals surface area contributed by atoms with Gasteiger partial charge in [-0.15, -0.1) is 0 Å². The van der Waals surface area contributed by atoms with Crippen LogP contribution >= 0.6 is 0 Å². The quantitative estimate of drug-likeness (QED) is 0.514. The fourth-order valence-electron chi connectivity index (χ4n) is 0.622. The molecule has 2 nitrogen and oxygen atoms in total. The first kappa shape index (κ1) is 5.09. The molecule has 1 aliphatic rings. The fraction of sp³-hybridized carbons (Fsp3) is 0.167. The fourth-order valence-corrected chi connectivity index (χ4v) is 0.622. The molecule has 0 fully saturated rings. The lowest BCUT2D eigenvalue weighted by Crippen LogP contribution is -2.18. The van der Waals surface area contributed by atoms with E-state index in [0.717, 1.165) is 0 Å². The highest BCUT2D eigenvalue weighted by Crippen LogP contribution is 2.06. The highest BCUT2D eigenvalue weighted by molar-refractivity contribution is 5.81. The zero-order valence-corrected chi connectivity index (χ0v) is 4.37. The molecule has 0 saturated carbocycles. The molecule has 0 atom stereocenters. The SMILES string of the molecule is NC(=O)C1C=CC=C1. The molecule has 0 aromatic rings. The minimum Gasteiger partial charge on any atom is -0.369 e. The van der Waals surface area contributed by atoms with Gasteiger partial charge in [-0.2, -0.15) is 0 Å². The van der Waals surface area contributed by atoms with E-state index in [1.54, 1.807) is 12.2 Å². The molecule has 1 aliphatic carbocycles. The van der Waals surface area contributed by atoms with E-state index < -0.39 is 0 Å². The molecule has 0 radical (unpaired) electrons. The number of nitrogens with two attached hydrogens (primary N) is 1. The summed E-state index contributed by atoms with van der Waals surface area (Å²) in [7, 11) is 0. The predicted molar refractivity (Wildman–Crippen MR) is 31.0 cm³/mol. The molecule has 2 heteroatoms. The van der Waals surface area contributed by atoms with Gasteiger partial charge >= 0.3 is 0 Å². The van der Waals surface area contributed by atoms with E-state index in [1.807, 2.05) is 12.2 Å². The lowest BCUT2D eigenvalue weighted by atomic mass is 10.2. The molecule has 42 valence electrons. The van der Waals surface area contributed by atoms with E-state index in [2.05, 4.69) is 0 Å². The van der Waals surface area contributed by atoms with Gasteiger partial charge in [0.05, 0.1) is 5.92 Å². The van der Waals surface area contributed by atoms with E-state index in [9.17, 15) is 4.79 Å². The summed E-state index contributed by atoms with van der Waals surface area (Å²) >= 11 is 0. The molecule has 0 bridgehead atoms. The second kappa shape index (κ2) is 1.82. The second-order valence-corrected chi connectivity index (χ2v) is 1.70. The third kappa shape index (κ3) is 0.780. The first-order valence-electron chi connectivity index (χ1n) is 2.45. The Morgan fingerprint density at radius 3 is 2.12 bits per heavy atom. The van der Waals surface area contributed by atoms with Crippen LogP contribution in [-0.4, -0.2) is 5.91 Å². The van der Waals surface area contributed by atoms with Crippen LogP contribution in [0.25, 0.3) is 0 Å². The van der Waals surface area contributed by atoms with Crippen molar-refractivity contribution in [1.82, 2.24) is 0 Å². The first-order chi connectivity index (χ1) is 3.80. The van der Waals surface area contributed by atoms with Crippen molar-refractivity contribution in [2.45, 2.75) is 0 Å². The number of amides is 1. The zero-order valence-electron chi connectivity index (χ0n) is 4.37. The summed E-state index contributed by atoms with van der Waals surface area (Å²) in [6.07, 6.45) is 7.16. The van der Waals surface area contributed by atoms with Gasteiger partial charge < -0.3 is 5.73 Å². The van der Waals surface area contributed by atoms with E-state index in [4.69, 9.17) is 5.73 Å². The standard InChI is InChI=1S/C6H7NO/c7-6(8)5-3-1-2-4-5/h1-5H,(H2,7,8). The molecule has 2 N–H and O–H groups in total. The van der Waals surface area contributed by atoms with Crippen LogP contribution in [0.15, 0.2) is 24.3 Å². The third-order valence-electron chi connectivity index (χ3n) is 1.08. The van der Waals surface area contributed by atoms with Crippen molar-refractivity contribution in [1.29, 1.82) is 0 Å². The molecule has 0 aromatic carbocycles. The Labute approximate surface area is 47.7 Å². The molecule has 1 amide bonds. The molecule has 0 unspecified atom stereocenters. The molecule has 0 aliphatic heterocycles. The molecular formula is C6H7NO. The number of primary amides is 1. The van der Waals surface area contributed by atoms with Crippen LogP contribution < -0.4 is 5.73 Å². The van der Waals surface area contributed by atoms with Gasteiger partial charge in [-0.25, -0.2) is 0 Å². The van der Waals surface area contributed by atoms with E-state index in [0.29, 0.717) is 0 Å². The summed E-state index contributed by atoms with van der Waals surface area (Å²) < 4.78 is 0. The van der Waals surface area contributed by atoms with E-state index in [-0.39, 0.29) is 11.8 Å².